The SMILES string of the molecule is Cc1nsc(NCCC2CCCO2)c1C(=O)O. The summed E-state index contributed by atoms with van der Waals surface area (Å²) in [5.41, 5.74) is 0.865. The molecule has 0 amide bonds. The summed E-state index contributed by atoms with van der Waals surface area (Å²) >= 11 is 1.20. The van der Waals surface area contributed by atoms with E-state index in [-0.39, 0.29) is 0 Å². The Balaban J connectivity index is 1.88. The minimum absolute atomic E-state index is 0.294. The fraction of sp³-hybridized carbons (Fsp3) is 0.636. The van der Waals surface area contributed by atoms with Crippen LogP contribution in [0.25, 0.3) is 0 Å². The number of hydrogen-bond acceptors (Lipinski definition) is 5. The number of carboxylic acids is 1. The topological polar surface area (TPSA) is 71.5 Å². The van der Waals surface area contributed by atoms with E-state index in [4.69, 9.17) is 9.84 Å². The predicted octanol–water partition coefficient (Wildman–Crippen LogP) is 2.13. The van der Waals surface area contributed by atoms with E-state index in [1.807, 2.05) is 0 Å². The Labute approximate surface area is 104 Å². The summed E-state index contributed by atoms with van der Waals surface area (Å²) in [6, 6.07) is 0. The second-order valence-electron chi connectivity index (χ2n) is 4.13. The van der Waals surface area contributed by atoms with Crippen LogP contribution in [0.5, 0.6) is 0 Å². The molecule has 17 heavy (non-hydrogen) atoms. The zero-order valence-corrected chi connectivity index (χ0v) is 10.5. The van der Waals surface area contributed by atoms with Crippen molar-refractivity contribution in [2.45, 2.75) is 32.3 Å². The average Bonchev–Trinajstić information content (AvgIpc) is 2.88. The summed E-state index contributed by atoms with van der Waals surface area (Å²) in [6.45, 7) is 3.29. The van der Waals surface area contributed by atoms with Crippen LogP contribution in [0.4, 0.5) is 5.00 Å². The molecule has 0 aliphatic carbocycles. The van der Waals surface area contributed by atoms with Gasteiger partial charge in [-0.2, -0.15) is 4.37 Å². The number of aromatic carboxylic acids is 1. The van der Waals surface area contributed by atoms with Crippen molar-refractivity contribution in [1.82, 2.24) is 4.37 Å². The Morgan fingerprint density at radius 1 is 1.71 bits per heavy atom. The van der Waals surface area contributed by atoms with Crippen LogP contribution >= 0.6 is 11.5 Å². The lowest BCUT2D eigenvalue weighted by molar-refractivity contribution is 0.0697. The number of nitrogens with zero attached hydrogens (tertiary/aromatic N) is 1. The average molecular weight is 256 g/mol. The molecule has 6 heteroatoms. The molecule has 5 nitrogen and oxygen atoms in total. The maximum absolute atomic E-state index is 11.0. The van der Waals surface area contributed by atoms with Crippen molar-refractivity contribution < 1.29 is 14.6 Å². The van der Waals surface area contributed by atoms with Crippen LogP contribution in [0.3, 0.4) is 0 Å². The van der Waals surface area contributed by atoms with Crippen LogP contribution < -0.4 is 5.32 Å². The highest BCUT2D eigenvalue weighted by molar-refractivity contribution is 7.10. The standard InChI is InChI=1S/C11H16N2O3S/c1-7-9(11(14)15)10(17-13-7)12-5-4-8-3-2-6-16-8/h8,12H,2-6H2,1H3,(H,14,15). The van der Waals surface area contributed by atoms with Crippen molar-refractivity contribution in [3.8, 4) is 0 Å². The van der Waals surface area contributed by atoms with Crippen molar-refractivity contribution in [3.05, 3.63) is 11.3 Å². The number of hydrogen-bond donors (Lipinski definition) is 2. The van der Waals surface area contributed by atoms with Crippen LogP contribution in [0.2, 0.25) is 0 Å². The molecule has 1 aromatic rings. The van der Waals surface area contributed by atoms with E-state index >= 15 is 0 Å². The van der Waals surface area contributed by atoms with Gasteiger partial charge in [0.1, 0.15) is 10.6 Å². The van der Waals surface area contributed by atoms with E-state index in [0.717, 1.165) is 32.4 Å². The number of aryl methyl sites for hydroxylation is 1. The zero-order chi connectivity index (χ0) is 12.3. The number of carbonyl (C=O) groups is 1. The number of nitrogens with one attached hydrogen (secondary N) is 1. The van der Waals surface area contributed by atoms with Gasteiger partial charge in [0.25, 0.3) is 0 Å². The summed E-state index contributed by atoms with van der Waals surface area (Å²) in [4.78, 5) is 11.0. The Morgan fingerprint density at radius 2 is 2.53 bits per heavy atom. The van der Waals surface area contributed by atoms with Crippen LogP contribution in [-0.4, -0.2) is 34.7 Å². The van der Waals surface area contributed by atoms with Crippen molar-refractivity contribution in [2.24, 2.45) is 0 Å². The second-order valence-corrected chi connectivity index (χ2v) is 4.90. The van der Waals surface area contributed by atoms with Gasteiger partial charge in [-0.05, 0) is 37.7 Å². The molecule has 0 spiro atoms. The Hall–Kier alpha value is -1.14. The fourth-order valence-corrected chi connectivity index (χ4v) is 2.77. The Bertz CT molecular complexity index is 399. The van der Waals surface area contributed by atoms with Crippen molar-refractivity contribution in [2.75, 3.05) is 18.5 Å². The molecule has 1 unspecified atom stereocenters. The normalized spacial score (nSPS) is 19.5. The lowest BCUT2D eigenvalue weighted by Gasteiger charge is -2.09. The van der Waals surface area contributed by atoms with E-state index in [0.29, 0.717) is 22.4 Å². The molecule has 1 aliphatic rings. The molecular weight excluding hydrogens is 240 g/mol. The number of carboxylic acid groups (broad SMARTS) is 1. The first-order valence-corrected chi connectivity index (χ1v) is 6.51. The summed E-state index contributed by atoms with van der Waals surface area (Å²) < 4.78 is 9.56. The fourth-order valence-electron chi connectivity index (χ4n) is 1.96. The van der Waals surface area contributed by atoms with E-state index in [2.05, 4.69) is 9.69 Å². The Morgan fingerprint density at radius 3 is 3.18 bits per heavy atom. The van der Waals surface area contributed by atoms with Gasteiger partial charge in [-0.3, -0.25) is 0 Å². The molecule has 2 N–H and O–H groups in total. The maximum atomic E-state index is 11.0. The molecule has 0 saturated carbocycles. The summed E-state index contributed by atoms with van der Waals surface area (Å²) in [6.07, 6.45) is 3.47. The van der Waals surface area contributed by atoms with Gasteiger partial charge in [-0.1, -0.05) is 0 Å². The first kappa shape index (κ1) is 12.3. The van der Waals surface area contributed by atoms with Gasteiger partial charge < -0.3 is 15.2 Å². The molecule has 2 rings (SSSR count). The van der Waals surface area contributed by atoms with Crippen LogP contribution in [-0.2, 0) is 4.74 Å². The van der Waals surface area contributed by atoms with E-state index in [9.17, 15) is 4.79 Å². The van der Waals surface area contributed by atoms with E-state index in [1.165, 1.54) is 11.5 Å². The minimum Gasteiger partial charge on any atom is -0.478 e. The molecule has 1 aliphatic heterocycles. The van der Waals surface area contributed by atoms with E-state index < -0.39 is 5.97 Å². The first-order valence-electron chi connectivity index (χ1n) is 5.73. The van der Waals surface area contributed by atoms with Crippen LogP contribution in [0, 0.1) is 6.92 Å². The summed E-state index contributed by atoms with van der Waals surface area (Å²) in [5, 5.41) is 12.8. The maximum Gasteiger partial charge on any atom is 0.340 e. The third kappa shape index (κ3) is 2.95. The smallest absolute Gasteiger partial charge is 0.340 e. The van der Waals surface area contributed by atoms with Gasteiger partial charge in [0.15, 0.2) is 0 Å². The number of rotatable bonds is 5. The molecule has 2 heterocycles. The Kier molecular flexibility index (Phi) is 3.96. The molecule has 0 aromatic carbocycles. The molecule has 1 atom stereocenters. The third-order valence-corrected chi connectivity index (χ3v) is 3.75. The monoisotopic (exact) mass is 256 g/mol. The van der Waals surface area contributed by atoms with Gasteiger partial charge in [-0.15, -0.1) is 0 Å². The number of aromatic nitrogens is 1. The van der Waals surface area contributed by atoms with Crippen molar-refractivity contribution in [1.29, 1.82) is 0 Å². The van der Waals surface area contributed by atoms with Gasteiger partial charge in [0.2, 0.25) is 0 Å². The van der Waals surface area contributed by atoms with E-state index in [1.54, 1.807) is 6.92 Å². The third-order valence-electron chi connectivity index (χ3n) is 2.85. The van der Waals surface area contributed by atoms with Gasteiger partial charge in [0, 0.05) is 13.2 Å². The highest BCUT2D eigenvalue weighted by Gasteiger charge is 2.18. The minimum atomic E-state index is -0.920. The molecule has 0 bridgehead atoms. The molecule has 94 valence electrons. The summed E-state index contributed by atoms with van der Waals surface area (Å²) in [7, 11) is 0. The van der Waals surface area contributed by atoms with Crippen molar-refractivity contribution >= 4 is 22.5 Å². The highest BCUT2D eigenvalue weighted by atomic mass is 32.1. The van der Waals surface area contributed by atoms with Crippen LogP contribution in [0.1, 0.15) is 35.3 Å². The highest BCUT2D eigenvalue weighted by Crippen LogP contribution is 2.24. The molecule has 1 fully saturated rings. The quantitative estimate of drug-likeness (QED) is 0.844. The van der Waals surface area contributed by atoms with Gasteiger partial charge in [-0.25, -0.2) is 4.79 Å². The largest absolute Gasteiger partial charge is 0.478 e. The molecule has 0 radical (unpaired) electrons. The number of ether oxygens (including phenoxy) is 1. The molecular formula is C11H16N2O3S. The lowest BCUT2D eigenvalue weighted by atomic mass is 10.2. The first-order chi connectivity index (χ1) is 8.18. The van der Waals surface area contributed by atoms with Gasteiger partial charge in [0.05, 0.1) is 11.8 Å². The molecule has 1 saturated heterocycles. The lowest BCUT2D eigenvalue weighted by Crippen LogP contribution is -2.13. The van der Waals surface area contributed by atoms with Crippen molar-refractivity contribution in [3.63, 3.8) is 0 Å². The number of anilines is 1. The zero-order valence-electron chi connectivity index (χ0n) is 9.73. The van der Waals surface area contributed by atoms with Gasteiger partial charge >= 0.3 is 5.97 Å². The predicted molar refractivity (Wildman–Crippen MR) is 65.9 cm³/mol. The molecule has 1 aromatic heterocycles. The summed E-state index contributed by atoms with van der Waals surface area (Å²) in [5.74, 6) is -0.920. The van der Waals surface area contributed by atoms with Crippen LogP contribution in [0.15, 0.2) is 0 Å². The second kappa shape index (κ2) is 5.46.